The van der Waals surface area contributed by atoms with Gasteiger partial charge in [-0.2, -0.15) is 0 Å². The van der Waals surface area contributed by atoms with Crippen molar-refractivity contribution < 1.29 is 69.3 Å². The van der Waals surface area contributed by atoms with E-state index in [1.165, 1.54) is 0 Å². The van der Waals surface area contributed by atoms with E-state index in [0.717, 1.165) is 51.4 Å². The Morgan fingerprint density at radius 2 is 1.34 bits per heavy atom. The molecule has 0 amide bonds. The summed E-state index contributed by atoms with van der Waals surface area (Å²) in [6, 6.07) is 0. The van der Waals surface area contributed by atoms with Crippen molar-refractivity contribution in [1.82, 2.24) is 0 Å². The molecule has 0 aromatic heterocycles. The van der Waals surface area contributed by atoms with Crippen LogP contribution >= 0.6 is 0 Å². The maximum absolute atomic E-state index is 12.1. The normalized spacial score (nSPS) is 59.5. The van der Waals surface area contributed by atoms with Gasteiger partial charge >= 0.3 is 0 Å². The molecule has 4 aliphatic carbocycles. The number of fused-ring (bicyclic) bond motifs is 7. The molecule has 8 fully saturated rings. The Bertz CT molecular complexity index is 1300. The first-order valence-corrected chi connectivity index (χ1v) is 20.4. The molecule has 0 bridgehead atoms. The molecule has 14 heteroatoms. The summed E-state index contributed by atoms with van der Waals surface area (Å²) in [5, 5.41) is 84.8. The molecular formula is C39H64O14. The van der Waals surface area contributed by atoms with Gasteiger partial charge in [-0.05, 0) is 91.8 Å². The number of rotatable bonds is 6. The largest absolute Gasteiger partial charge is 0.394 e. The van der Waals surface area contributed by atoms with E-state index < -0.39 is 86.5 Å². The van der Waals surface area contributed by atoms with E-state index in [9.17, 15) is 40.9 Å². The molecule has 4 saturated heterocycles. The van der Waals surface area contributed by atoms with E-state index in [0.29, 0.717) is 36.7 Å². The summed E-state index contributed by atoms with van der Waals surface area (Å²) in [6.07, 6.45) is -7.30. The molecule has 23 atom stereocenters. The molecule has 53 heavy (non-hydrogen) atoms. The van der Waals surface area contributed by atoms with Crippen LogP contribution in [0.3, 0.4) is 0 Å². The molecule has 1 spiro atoms. The quantitative estimate of drug-likeness (QED) is 0.173. The van der Waals surface area contributed by atoms with Crippen molar-refractivity contribution in [2.75, 3.05) is 19.8 Å². The van der Waals surface area contributed by atoms with Gasteiger partial charge in [0, 0.05) is 18.3 Å². The standard InChI is InChI=1S/C39H64O14/c1-17-7-12-39(48-16-17)18(2)25-33(53-39)29(44)26-21-6-5-19-13-20(8-10-37(19,3)22(21)9-11-38(25,26)4)49-36-34(31(46)28(43)24(15-41)51-36)52-35-32(47)30(45)27(42)23(14-40)50-35/h17-36,40-47H,5-16H2,1-4H3/t17-,18-,19+,20?,21?,22?,23+,24+,25?,26?,27+,28-,29+,30-,31-,32+,33?,34+,35-,36+,37-,38+,39+/m0/s1. The number of hydrogen-bond acceptors (Lipinski definition) is 14. The maximum Gasteiger partial charge on any atom is 0.187 e. The van der Waals surface area contributed by atoms with Crippen molar-refractivity contribution in [3.8, 4) is 0 Å². The SMILES string of the molecule is C[C@H]1CC[C@@]2(OC1)OC1C([C@@H]2C)[C@@]2(C)CCC3C(CC[C@@H]4CC(O[C@@H]5O[C@H](CO)[C@H](O)[C@H](O)[C@H]5O[C@@H]5O[C@H](CO)[C@@H](O)[C@H](O)[C@H]5O)CC[C@]34C)C2[C@H]1O. The van der Waals surface area contributed by atoms with E-state index in [1.807, 2.05) is 0 Å². The first kappa shape index (κ1) is 39.3. The van der Waals surface area contributed by atoms with Gasteiger partial charge in [0.2, 0.25) is 0 Å². The van der Waals surface area contributed by atoms with Gasteiger partial charge in [0.25, 0.3) is 0 Å². The number of aliphatic hydroxyl groups is 8. The molecule has 4 heterocycles. The minimum atomic E-state index is -1.73. The van der Waals surface area contributed by atoms with Crippen LogP contribution in [-0.4, -0.2) is 146 Å². The highest BCUT2D eigenvalue weighted by molar-refractivity contribution is 5.18. The second kappa shape index (κ2) is 14.4. The Balaban J connectivity index is 0.956. The van der Waals surface area contributed by atoms with Crippen LogP contribution in [0.4, 0.5) is 0 Å². The van der Waals surface area contributed by atoms with Gasteiger partial charge in [0.15, 0.2) is 18.4 Å². The van der Waals surface area contributed by atoms with Crippen LogP contribution in [0.5, 0.6) is 0 Å². The number of ether oxygens (including phenoxy) is 6. The van der Waals surface area contributed by atoms with Gasteiger partial charge in [0.05, 0.1) is 38.1 Å². The lowest BCUT2D eigenvalue weighted by Gasteiger charge is -2.61. The van der Waals surface area contributed by atoms with Crippen LogP contribution in [0.2, 0.25) is 0 Å². The predicted octanol–water partition coefficient (Wildman–Crippen LogP) is 0.413. The fourth-order valence-electron chi connectivity index (χ4n) is 13.2. The van der Waals surface area contributed by atoms with E-state index in [1.54, 1.807) is 0 Å². The van der Waals surface area contributed by atoms with Crippen molar-refractivity contribution in [3.63, 3.8) is 0 Å². The minimum Gasteiger partial charge on any atom is -0.394 e. The zero-order valence-corrected chi connectivity index (χ0v) is 31.6. The number of aliphatic hydroxyl groups excluding tert-OH is 8. The zero-order valence-electron chi connectivity index (χ0n) is 31.6. The van der Waals surface area contributed by atoms with E-state index in [4.69, 9.17) is 28.4 Å². The second-order valence-corrected chi connectivity index (χ2v) is 18.8. The second-order valence-electron chi connectivity index (χ2n) is 18.8. The molecule has 4 saturated carbocycles. The Hall–Kier alpha value is -0.560. The van der Waals surface area contributed by atoms with Crippen LogP contribution in [0, 0.1) is 52.3 Å². The third-order valence-electron chi connectivity index (χ3n) is 16.2. The van der Waals surface area contributed by atoms with Gasteiger partial charge in [-0.1, -0.05) is 27.7 Å². The molecule has 0 aromatic rings. The van der Waals surface area contributed by atoms with Gasteiger partial charge in [-0.15, -0.1) is 0 Å². The van der Waals surface area contributed by atoms with E-state index >= 15 is 0 Å². The van der Waals surface area contributed by atoms with Gasteiger partial charge in [-0.3, -0.25) is 0 Å². The molecule has 0 aromatic carbocycles. The highest BCUT2D eigenvalue weighted by atomic mass is 16.8. The molecule has 14 nitrogen and oxygen atoms in total. The molecule has 8 N–H and O–H groups in total. The summed E-state index contributed by atoms with van der Waals surface area (Å²) in [5.41, 5.74) is 0.0217. The summed E-state index contributed by atoms with van der Waals surface area (Å²) < 4.78 is 37.3. The van der Waals surface area contributed by atoms with Crippen LogP contribution in [0.15, 0.2) is 0 Å². The molecule has 6 unspecified atom stereocenters. The topological polar surface area (TPSA) is 217 Å². The van der Waals surface area contributed by atoms with E-state index in [2.05, 4.69) is 27.7 Å². The van der Waals surface area contributed by atoms with Crippen molar-refractivity contribution in [1.29, 1.82) is 0 Å². The van der Waals surface area contributed by atoms with Crippen molar-refractivity contribution in [2.24, 2.45) is 52.3 Å². The Kier molecular flexibility index (Phi) is 10.6. The van der Waals surface area contributed by atoms with Crippen LogP contribution in [0.25, 0.3) is 0 Å². The fraction of sp³-hybridized carbons (Fsp3) is 1.00. The molecule has 0 radical (unpaired) electrons. The Morgan fingerprint density at radius 3 is 2.02 bits per heavy atom. The first-order chi connectivity index (χ1) is 25.2. The molecule has 4 aliphatic heterocycles. The highest BCUT2D eigenvalue weighted by Crippen LogP contribution is 2.71. The Labute approximate surface area is 312 Å². The Morgan fingerprint density at radius 1 is 0.660 bits per heavy atom. The average molecular weight is 757 g/mol. The third-order valence-corrected chi connectivity index (χ3v) is 16.2. The summed E-state index contributed by atoms with van der Waals surface area (Å²) >= 11 is 0. The zero-order chi connectivity index (χ0) is 37.8. The predicted molar refractivity (Wildman–Crippen MR) is 184 cm³/mol. The van der Waals surface area contributed by atoms with Crippen LogP contribution < -0.4 is 0 Å². The van der Waals surface area contributed by atoms with Crippen molar-refractivity contribution >= 4 is 0 Å². The van der Waals surface area contributed by atoms with E-state index in [-0.39, 0.29) is 40.8 Å². The summed E-state index contributed by atoms with van der Waals surface area (Å²) in [7, 11) is 0. The maximum atomic E-state index is 12.1. The molecule has 304 valence electrons. The third kappa shape index (κ3) is 6.11. The smallest absolute Gasteiger partial charge is 0.187 e. The lowest BCUT2D eigenvalue weighted by Crippen LogP contribution is -2.65. The lowest BCUT2D eigenvalue weighted by molar-refractivity contribution is -0.373. The fourth-order valence-corrected chi connectivity index (χ4v) is 13.2. The van der Waals surface area contributed by atoms with Crippen molar-refractivity contribution in [3.05, 3.63) is 0 Å². The first-order valence-electron chi connectivity index (χ1n) is 20.4. The van der Waals surface area contributed by atoms with Crippen LogP contribution in [-0.2, 0) is 28.4 Å². The average Bonchev–Trinajstić information content (AvgIpc) is 3.55. The molecule has 8 aliphatic rings. The number of hydrogen-bond donors (Lipinski definition) is 8. The summed E-state index contributed by atoms with van der Waals surface area (Å²) in [5.74, 6) is 1.79. The monoisotopic (exact) mass is 756 g/mol. The van der Waals surface area contributed by atoms with Crippen LogP contribution in [0.1, 0.15) is 85.5 Å². The highest BCUT2D eigenvalue weighted by Gasteiger charge is 2.72. The summed E-state index contributed by atoms with van der Waals surface area (Å²) in [4.78, 5) is 0. The van der Waals surface area contributed by atoms with Gasteiger partial charge in [0.1, 0.15) is 48.8 Å². The summed E-state index contributed by atoms with van der Waals surface area (Å²) in [6.45, 7) is 8.83. The molecule has 8 rings (SSSR count). The minimum absolute atomic E-state index is 0.0208. The van der Waals surface area contributed by atoms with Crippen molar-refractivity contribution in [2.45, 2.75) is 171 Å². The van der Waals surface area contributed by atoms with Gasteiger partial charge in [-0.25, -0.2) is 0 Å². The lowest BCUT2D eigenvalue weighted by atomic mass is 9.44. The molecular weight excluding hydrogens is 692 g/mol. The van der Waals surface area contributed by atoms with Gasteiger partial charge < -0.3 is 69.3 Å².